The maximum atomic E-state index is 5.75. The van der Waals surface area contributed by atoms with Crippen molar-refractivity contribution in [1.82, 2.24) is 14.5 Å². The molecule has 0 aliphatic rings. The minimum atomic E-state index is 0.435. The molecule has 0 fully saturated rings. The Morgan fingerprint density at radius 1 is 1.24 bits per heavy atom. The molecule has 0 atom stereocenters. The lowest BCUT2D eigenvalue weighted by Gasteiger charge is -2.08. The lowest BCUT2D eigenvalue weighted by Crippen LogP contribution is -2.17. The third kappa shape index (κ3) is 2.52. The van der Waals surface area contributed by atoms with E-state index in [1.54, 1.807) is 6.20 Å². The third-order valence-electron chi connectivity index (χ3n) is 3.57. The predicted molar refractivity (Wildman–Crippen MR) is 89.2 cm³/mol. The Morgan fingerprint density at radius 2 is 2.00 bits per heavy atom. The Kier molecular flexibility index (Phi) is 3.43. The second kappa shape index (κ2) is 5.26. The number of fused-ring (bicyclic) bond motifs is 1. The topological polar surface area (TPSA) is 56.7 Å². The van der Waals surface area contributed by atoms with Gasteiger partial charge in [0, 0.05) is 6.20 Å². The van der Waals surface area contributed by atoms with Gasteiger partial charge < -0.3 is 10.3 Å². The standard InChI is InChI=1S/C16H16N4S/c1-10-7-13-14(8-11(10)2)20(9-15(17)21)16(19-13)12-5-3-4-6-18-12/h3-8H,9H2,1-2H3,(H2,17,21). The molecule has 4 nitrogen and oxygen atoms in total. The first-order valence-electron chi connectivity index (χ1n) is 6.73. The molecular formula is C16H16N4S. The van der Waals surface area contributed by atoms with E-state index in [1.165, 1.54) is 11.1 Å². The number of benzene rings is 1. The van der Waals surface area contributed by atoms with Gasteiger partial charge in [-0.25, -0.2) is 4.98 Å². The van der Waals surface area contributed by atoms with Crippen LogP contribution < -0.4 is 5.73 Å². The Bertz CT molecular complexity index is 821. The number of thiocarbonyl (C=S) groups is 1. The summed E-state index contributed by atoms with van der Waals surface area (Å²) in [4.78, 5) is 9.55. The van der Waals surface area contributed by atoms with Gasteiger partial charge in [-0.05, 0) is 49.2 Å². The minimum Gasteiger partial charge on any atom is -0.392 e. The normalized spacial score (nSPS) is 11.0. The van der Waals surface area contributed by atoms with Crippen LogP contribution in [0.2, 0.25) is 0 Å². The van der Waals surface area contributed by atoms with Crippen molar-refractivity contribution in [1.29, 1.82) is 0 Å². The molecule has 21 heavy (non-hydrogen) atoms. The average molecular weight is 296 g/mol. The van der Waals surface area contributed by atoms with Gasteiger partial charge >= 0.3 is 0 Å². The number of hydrogen-bond donors (Lipinski definition) is 1. The number of pyridine rings is 1. The lowest BCUT2D eigenvalue weighted by atomic mass is 10.1. The maximum Gasteiger partial charge on any atom is 0.160 e. The Balaban J connectivity index is 2.30. The summed E-state index contributed by atoms with van der Waals surface area (Å²) in [6.45, 7) is 4.63. The van der Waals surface area contributed by atoms with Gasteiger partial charge in [-0.3, -0.25) is 4.98 Å². The molecule has 0 aliphatic heterocycles. The van der Waals surface area contributed by atoms with Crippen molar-refractivity contribution in [3.63, 3.8) is 0 Å². The molecule has 2 aromatic heterocycles. The minimum absolute atomic E-state index is 0.435. The number of aryl methyl sites for hydroxylation is 2. The van der Waals surface area contributed by atoms with Crippen molar-refractivity contribution < 1.29 is 0 Å². The Morgan fingerprint density at radius 3 is 2.67 bits per heavy atom. The molecule has 0 unspecified atom stereocenters. The molecule has 0 aliphatic carbocycles. The molecule has 0 amide bonds. The molecule has 106 valence electrons. The Labute approximate surface area is 128 Å². The van der Waals surface area contributed by atoms with Gasteiger partial charge in [0.2, 0.25) is 0 Å². The monoisotopic (exact) mass is 296 g/mol. The number of aromatic nitrogens is 3. The number of nitrogens with zero attached hydrogens (tertiary/aromatic N) is 3. The summed E-state index contributed by atoms with van der Waals surface area (Å²) in [7, 11) is 0. The number of hydrogen-bond acceptors (Lipinski definition) is 3. The maximum absolute atomic E-state index is 5.75. The fraction of sp³-hybridized carbons (Fsp3) is 0.188. The summed E-state index contributed by atoms with van der Waals surface area (Å²) < 4.78 is 2.03. The smallest absolute Gasteiger partial charge is 0.160 e. The highest BCUT2D eigenvalue weighted by molar-refractivity contribution is 7.80. The van der Waals surface area contributed by atoms with Gasteiger partial charge in [0.1, 0.15) is 5.69 Å². The molecule has 3 aromatic rings. The first-order chi connectivity index (χ1) is 10.1. The summed E-state index contributed by atoms with van der Waals surface area (Å²) in [6, 6.07) is 9.99. The largest absolute Gasteiger partial charge is 0.392 e. The molecular weight excluding hydrogens is 280 g/mol. The van der Waals surface area contributed by atoms with Gasteiger partial charge in [0.05, 0.1) is 22.6 Å². The fourth-order valence-corrected chi connectivity index (χ4v) is 2.52. The van der Waals surface area contributed by atoms with Crippen LogP contribution in [0.3, 0.4) is 0 Å². The van der Waals surface area contributed by atoms with Crippen LogP contribution in [0.1, 0.15) is 11.1 Å². The van der Waals surface area contributed by atoms with E-state index in [-0.39, 0.29) is 0 Å². The van der Waals surface area contributed by atoms with Crippen molar-refractivity contribution in [3.8, 4) is 11.5 Å². The second-order valence-corrected chi connectivity index (χ2v) is 5.65. The molecule has 0 spiro atoms. The third-order valence-corrected chi connectivity index (χ3v) is 3.70. The zero-order valence-electron chi connectivity index (χ0n) is 12.0. The van der Waals surface area contributed by atoms with Crippen molar-refractivity contribution in [2.45, 2.75) is 20.4 Å². The molecule has 5 heteroatoms. The van der Waals surface area contributed by atoms with Gasteiger partial charge in [-0.15, -0.1) is 0 Å². The number of rotatable bonds is 3. The van der Waals surface area contributed by atoms with E-state index in [2.05, 4.69) is 31.0 Å². The molecule has 1 aromatic carbocycles. The van der Waals surface area contributed by atoms with Crippen LogP contribution in [-0.4, -0.2) is 19.5 Å². The van der Waals surface area contributed by atoms with Crippen molar-refractivity contribution >= 4 is 28.2 Å². The zero-order valence-corrected chi connectivity index (χ0v) is 12.8. The number of imidazole rings is 1. The van der Waals surface area contributed by atoms with Gasteiger partial charge in [0.15, 0.2) is 5.82 Å². The van der Waals surface area contributed by atoms with Crippen LogP contribution in [0.25, 0.3) is 22.6 Å². The summed E-state index contributed by atoms with van der Waals surface area (Å²) in [5, 5.41) is 0. The van der Waals surface area contributed by atoms with Crippen LogP contribution in [0.5, 0.6) is 0 Å². The van der Waals surface area contributed by atoms with E-state index >= 15 is 0 Å². The highest BCUT2D eigenvalue weighted by Gasteiger charge is 2.14. The van der Waals surface area contributed by atoms with E-state index < -0.39 is 0 Å². The first-order valence-corrected chi connectivity index (χ1v) is 7.14. The summed E-state index contributed by atoms with van der Waals surface area (Å²) in [5.41, 5.74) is 11.0. The van der Waals surface area contributed by atoms with Crippen LogP contribution in [0.4, 0.5) is 0 Å². The van der Waals surface area contributed by atoms with Crippen LogP contribution in [0, 0.1) is 13.8 Å². The molecule has 0 saturated carbocycles. The second-order valence-electron chi connectivity index (χ2n) is 5.13. The first kappa shape index (κ1) is 13.7. The van der Waals surface area contributed by atoms with E-state index in [0.29, 0.717) is 11.5 Å². The SMILES string of the molecule is Cc1cc2nc(-c3ccccn3)n(CC(N)=S)c2cc1C. The number of nitrogens with two attached hydrogens (primary N) is 1. The van der Waals surface area contributed by atoms with Crippen LogP contribution in [-0.2, 0) is 6.54 Å². The van der Waals surface area contributed by atoms with Gasteiger partial charge in [-0.1, -0.05) is 18.3 Å². The highest BCUT2D eigenvalue weighted by Crippen LogP contribution is 2.25. The quantitative estimate of drug-likeness (QED) is 0.755. The summed E-state index contributed by atoms with van der Waals surface area (Å²) in [5.74, 6) is 0.795. The average Bonchev–Trinajstić information content (AvgIpc) is 2.78. The van der Waals surface area contributed by atoms with E-state index in [9.17, 15) is 0 Å². The zero-order chi connectivity index (χ0) is 15.0. The van der Waals surface area contributed by atoms with Crippen molar-refractivity contribution in [2.75, 3.05) is 0 Å². The molecule has 3 rings (SSSR count). The summed E-state index contributed by atoms with van der Waals surface area (Å²) >= 11 is 5.08. The fourth-order valence-electron chi connectivity index (χ4n) is 2.39. The van der Waals surface area contributed by atoms with Crippen molar-refractivity contribution in [3.05, 3.63) is 47.7 Å². The van der Waals surface area contributed by atoms with Gasteiger partial charge in [0.25, 0.3) is 0 Å². The molecule has 0 radical (unpaired) electrons. The van der Waals surface area contributed by atoms with E-state index in [0.717, 1.165) is 22.6 Å². The molecule has 2 heterocycles. The highest BCUT2D eigenvalue weighted by atomic mass is 32.1. The summed E-state index contributed by atoms with van der Waals surface area (Å²) in [6.07, 6.45) is 1.76. The van der Waals surface area contributed by atoms with Crippen LogP contribution >= 0.6 is 12.2 Å². The predicted octanol–water partition coefficient (Wildman–Crippen LogP) is 3.00. The van der Waals surface area contributed by atoms with Crippen molar-refractivity contribution in [2.24, 2.45) is 5.73 Å². The molecule has 2 N–H and O–H groups in total. The van der Waals surface area contributed by atoms with E-state index in [1.807, 2.05) is 22.8 Å². The Hall–Kier alpha value is -2.27. The lowest BCUT2D eigenvalue weighted by molar-refractivity contribution is 0.889. The van der Waals surface area contributed by atoms with Gasteiger partial charge in [-0.2, -0.15) is 0 Å². The molecule has 0 bridgehead atoms. The molecule has 0 saturated heterocycles. The van der Waals surface area contributed by atoms with E-state index in [4.69, 9.17) is 22.9 Å². The van der Waals surface area contributed by atoms with Crippen LogP contribution in [0.15, 0.2) is 36.5 Å².